The van der Waals surface area contributed by atoms with E-state index in [0.717, 1.165) is 12.0 Å². The molecule has 6 nitrogen and oxygen atoms in total. The highest BCUT2D eigenvalue weighted by molar-refractivity contribution is 5.95. The average molecular weight is 327 g/mol. The van der Waals surface area contributed by atoms with Gasteiger partial charge >= 0.3 is 0 Å². The number of ether oxygens (including phenoxy) is 2. The average Bonchev–Trinajstić information content (AvgIpc) is 2.60. The van der Waals surface area contributed by atoms with Crippen molar-refractivity contribution in [3.8, 4) is 11.5 Å². The summed E-state index contributed by atoms with van der Waals surface area (Å²) in [6, 6.07) is 12.2. The molecule has 2 rings (SSSR count). The van der Waals surface area contributed by atoms with Crippen molar-refractivity contribution in [1.29, 1.82) is 0 Å². The zero-order valence-electron chi connectivity index (χ0n) is 13.8. The Kier molecular flexibility index (Phi) is 6.19. The van der Waals surface area contributed by atoms with Crippen LogP contribution in [0.1, 0.15) is 29.3 Å². The van der Waals surface area contributed by atoms with Gasteiger partial charge in [0.2, 0.25) is 0 Å². The number of amides is 1. The third kappa shape index (κ3) is 4.49. The summed E-state index contributed by atoms with van der Waals surface area (Å²) in [5.74, 6) is 0.885. The quantitative estimate of drug-likeness (QED) is 0.465. The monoisotopic (exact) mass is 327 g/mol. The van der Waals surface area contributed by atoms with E-state index in [4.69, 9.17) is 15.2 Å². The summed E-state index contributed by atoms with van der Waals surface area (Å²) in [6.07, 6.45) is 2.40. The largest absolute Gasteiger partial charge is 0.493 e. The van der Waals surface area contributed by atoms with Gasteiger partial charge in [0.1, 0.15) is 0 Å². The smallest absolute Gasteiger partial charge is 0.271 e. The number of para-hydroxylation sites is 1. The molecule has 0 spiro atoms. The van der Waals surface area contributed by atoms with Crippen molar-refractivity contribution in [2.45, 2.75) is 13.3 Å². The van der Waals surface area contributed by atoms with E-state index in [0.29, 0.717) is 29.4 Å². The van der Waals surface area contributed by atoms with Crippen LogP contribution in [0.15, 0.2) is 47.6 Å². The minimum absolute atomic E-state index is 0.336. The number of rotatable bonds is 7. The van der Waals surface area contributed by atoms with Gasteiger partial charge in [0.25, 0.3) is 5.91 Å². The van der Waals surface area contributed by atoms with Gasteiger partial charge in [0.05, 0.1) is 19.9 Å². The van der Waals surface area contributed by atoms with E-state index in [2.05, 4.69) is 10.5 Å². The molecule has 0 saturated carbocycles. The Balaban J connectivity index is 2.12. The molecule has 3 N–H and O–H groups in total. The Hall–Kier alpha value is -3.02. The fourth-order valence-corrected chi connectivity index (χ4v) is 2.06. The number of methoxy groups -OCH3 is 1. The van der Waals surface area contributed by atoms with Gasteiger partial charge in [-0.2, -0.15) is 5.10 Å². The topological polar surface area (TPSA) is 85.9 Å². The number of nitrogens with one attached hydrogen (secondary N) is 1. The fourth-order valence-electron chi connectivity index (χ4n) is 2.06. The van der Waals surface area contributed by atoms with Gasteiger partial charge in [-0.05, 0) is 36.8 Å². The van der Waals surface area contributed by atoms with Crippen LogP contribution >= 0.6 is 0 Å². The van der Waals surface area contributed by atoms with Gasteiger partial charge in [-0.15, -0.1) is 0 Å². The number of hydrazone groups is 1. The molecule has 0 aliphatic rings. The lowest BCUT2D eigenvalue weighted by Crippen LogP contribution is -2.17. The third-order valence-corrected chi connectivity index (χ3v) is 3.20. The van der Waals surface area contributed by atoms with E-state index in [9.17, 15) is 4.79 Å². The molecule has 0 unspecified atom stereocenters. The molecule has 2 aromatic rings. The van der Waals surface area contributed by atoms with Crippen LogP contribution in [0, 0.1) is 0 Å². The molecule has 126 valence electrons. The minimum Gasteiger partial charge on any atom is -0.493 e. The van der Waals surface area contributed by atoms with E-state index >= 15 is 0 Å². The second-order valence-corrected chi connectivity index (χ2v) is 5.05. The molecule has 0 aliphatic heterocycles. The fraction of sp³-hybridized carbons (Fsp3) is 0.222. The predicted molar refractivity (Wildman–Crippen MR) is 94.7 cm³/mol. The van der Waals surface area contributed by atoms with Crippen LogP contribution in [0.5, 0.6) is 11.5 Å². The van der Waals surface area contributed by atoms with Crippen molar-refractivity contribution in [1.82, 2.24) is 5.43 Å². The van der Waals surface area contributed by atoms with E-state index in [-0.39, 0.29) is 5.91 Å². The van der Waals surface area contributed by atoms with Crippen molar-refractivity contribution in [2.24, 2.45) is 5.10 Å². The van der Waals surface area contributed by atoms with Crippen LogP contribution in [0.3, 0.4) is 0 Å². The molecule has 0 saturated heterocycles. The summed E-state index contributed by atoms with van der Waals surface area (Å²) in [6.45, 7) is 2.59. The van der Waals surface area contributed by atoms with Gasteiger partial charge in [-0.1, -0.05) is 19.1 Å². The number of nitrogens with zero attached hydrogens (tertiary/aromatic N) is 1. The number of nitrogen functional groups attached to an aromatic ring is 1. The number of hydrogen-bond donors (Lipinski definition) is 2. The SMILES string of the molecule is CCCOc1c(/C=N\NC(=O)c2cccc(N)c2)cccc1OC. The Morgan fingerprint density at radius 2 is 2.08 bits per heavy atom. The zero-order chi connectivity index (χ0) is 17.4. The lowest BCUT2D eigenvalue weighted by Gasteiger charge is -2.12. The number of benzene rings is 2. The van der Waals surface area contributed by atoms with Crippen LogP contribution in [0.25, 0.3) is 0 Å². The summed E-state index contributed by atoms with van der Waals surface area (Å²) in [4.78, 5) is 12.0. The molecule has 0 aromatic heterocycles. The maximum Gasteiger partial charge on any atom is 0.271 e. The molecule has 0 atom stereocenters. The molecule has 0 aliphatic carbocycles. The Morgan fingerprint density at radius 3 is 2.79 bits per heavy atom. The van der Waals surface area contributed by atoms with Crippen LogP contribution in [-0.4, -0.2) is 25.8 Å². The number of carbonyl (C=O) groups is 1. The van der Waals surface area contributed by atoms with Crippen molar-refractivity contribution < 1.29 is 14.3 Å². The summed E-state index contributed by atoms with van der Waals surface area (Å²) in [5, 5.41) is 3.99. The molecule has 0 bridgehead atoms. The molecular weight excluding hydrogens is 306 g/mol. The first-order valence-corrected chi connectivity index (χ1v) is 7.64. The van der Waals surface area contributed by atoms with Crippen molar-refractivity contribution >= 4 is 17.8 Å². The Morgan fingerprint density at radius 1 is 1.29 bits per heavy atom. The molecule has 0 fully saturated rings. The van der Waals surface area contributed by atoms with E-state index in [1.807, 2.05) is 25.1 Å². The first kappa shape index (κ1) is 17.3. The van der Waals surface area contributed by atoms with Crippen LogP contribution in [0.4, 0.5) is 5.69 Å². The van der Waals surface area contributed by atoms with Gasteiger partial charge in [-0.3, -0.25) is 4.79 Å². The van der Waals surface area contributed by atoms with Crippen molar-refractivity contribution in [3.63, 3.8) is 0 Å². The van der Waals surface area contributed by atoms with Crippen molar-refractivity contribution in [3.05, 3.63) is 53.6 Å². The standard InChI is InChI=1S/C18H21N3O3/c1-3-10-24-17-14(7-5-9-16(17)23-2)12-20-21-18(22)13-6-4-8-15(19)11-13/h4-9,11-12H,3,10,19H2,1-2H3,(H,21,22)/b20-12-. The highest BCUT2D eigenvalue weighted by Crippen LogP contribution is 2.30. The summed E-state index contributed by atoms with van der Waals surface area (Å²) in [5.41, 5.74) is 9.83. The lowest BCUT2D eigenvalue weighted by molar-refractivity contribution is 0.0955. The predicted octanol–water partition coefficient (Wildman–Crippen LogP) is 2.83. The van der Waals surface area contributed by atoms with Crippen LogP contribution in [0.2, 0.25) is 0 Å². The van der Waals surface area contributed by atoms with Gasteiger partial charge < -0.3 is 15.2 Å². The normalized spacial score (nSPS) is 10.6. The minimum atomic E-state index is -0.336. The second-order valence-electron chi connectivity index (χ2n) is 5.05. The molecule has 0 heterocycles. The number of carbonyl (C=O) groups excluding carboxylic acids is 1. The number of hydrogen-bond acceptors (Lipinski definition) is 5. The first-order valence-electron chi connectivity index (χ1n) is 7.64. The Bertz CT molecular complexity index is 729. The zero-order valence-corrected chi connectivity index (χ0v) is 13.8. The molecule has 24 heavy (non-hydrogen) atoms. The maximum absolute atomic E-state index is 12.0. The van der Waals surface area contributed by atoms with E-state index < -0.39 is 0 Å². The lowest BCUT2D eigenvalue weighted by atomic mass is 10.2. The van der Waals surface area contributed by atoms with Crippen molar-refractivity contribution in [2.75, 3.05) is 19.5 Å². The van der Waals surface area contributed by atoms with E-state index in [1.165, 1.54) is 6.21 Å². The number of nitrogens with two attached hydrogens (primary N) is 1. The number of anilines is 1. The molecule has 1 amide bonds. The third-order valence-electron chi connectivity index (χ3n) is 3.20. The molecule has 2 aromatic carbocycles. The van der Waals surface area contributed by atoms with Gasteiger partial charge in [0, 0.05) is 16.8 Å². The summed E-state index contributed by atoms with van der Waals surface area (Å²) in [7, 11) is 1.58. The maximum atomic E-state index is 12.0. The second kappa shape index (κ2) is 8.57. The van der Waals surface area contributed by atoms with Crippen LogP contribution < -0.4 is 20.6 Å². The Labute approximate surface area is 141 Å². The summed E-state index contributed by atoms with van der Waals surface area (Å²) >= 11 is 0. The van der Waals surface area contributed by atoms with Crippen LogP contribution in [-0.2, 0) is 0 Å². The van der Waals surface area contributed by atoms with Gasteiger partial charge in [0.15, 0.2) is 11.5 Å². The molecule has 6 heteroatoms. The highest BCUT2D eigenvalue weighted by Gasteiger charge is 2.09. The first-order chi connectivity index (χ1) is 11.7. The van der Waals surface area contributed by atoms with E-state index in [1.54, 1.807) is 31.4 Å². The summed E-state index contributed by atoms with van der Waals surface area (Å²) < 4.78 is 11.0. The van der Waals surface area contributed by atoms with Gasteiger partial charge in [-0.25, -0.2) is 5.43 Å². The molecule has 0 radical (unpaired) electrons. The highest BCUT2D eigenvalue weighted by atomic mass is 16.5. The molecular formula is C18H21N3O3.